The van der Waals surface area contributed by atoms with Crippen molar-refractivity contribution >= 4 is 11.5 Å². The fourth-order valence-corrected chi connectivity index (χ4v) is 3.09. The fourth-order valence-electron chi connectivity index (χ4n) is 3.09. The molecule has 0 bridgehead atoms. The maximum absolute atomic E-state index is 12.6. The summed E-state index contributed by atoms with van der Waals surface area (Å²) in [7, 11) is 0. The predicted octanol–water partition coefficient (Wildman–Crippen LogP) is 4.16. The molecule has 3 rings (SSSR count). The Labute approximate surface area is 166 Å². The summed E-state index contributed by atoms with van der Waals surface area (Å²) in [6, 6.07) is 15.3. The van der Waals surface area contributed by atoms with E-state index in [2.05, 4.69) is 23.7 Å². The lowest BCUT2D eigenvalue weighted by Gasteiger charge is -2.11. The first-order valence-electron chi connectivity index (χ1n) is 9.37. The monoisotopic (exact) mass is 369 g/mol. The fraction of sp³-hybridized carbons (Fsp3) is 0.167. The van der Waals surface area contributed by atoms with Crippen molar-refractivity contribution < 1.29 is 4.79 Å². The average molecular weight is 369 g/mol. The summed E-state index contributed by atoms with van der Waals surface area (Å²) in [6.07, 6.45) is 17.1. The van der Waals surface area contributed by atoms with Crippen LogP contribution in [0.1, 0.15) is 22.3 Å². The molecule has 28 heavy (non-hydrogen) atoms. The molecule has 0 unspecified atom stereocenters. The Morgan fingerprint density at radius 3 is 2.39 bits per heavy atom. The molecule has 1 aromatic rings. The topological polar surface area (TPSA) is 56.1 Å². The van der Waals surface area contributed by atoms with Crippen LogP contribution in [0.25, 0.3) is 5.57 Å². The van der Waals surface area contributed by atoms with Crippen LogP contribution in [0.4, 0.5) is 0 Å². The molecule has 1 aliphatic heterocycles. The molecule has 0 spiro atoms. The minimum atomic E-state index is -0.119. The average Bonchev–Trinajstić information content (AvgIpc) is 3.13. The van der Waals surface area contributed by atoms with Crippen LogP contribution < -0.4 is 5.32 Å². The van der Waals surface area contributed by atoms with E-state index in [1.807, 2.05) is 66.8 Å². The quantitative estimate of drug-likeness (QED) is 0.814. The molecule has 1 N–H and O–H groups in total. The Morgan fingerprint density at radius 1 is 1.00 bits per heavy atom. The highest BCUT2D eigenvalue weighted by Crippen LogP contribution is 2.16. The first-order chi connectivity index (χ1) is 13.8. The number of hydrogen-bond acceptors (Lipinski definition) is 3. The van der Waals surface area contributed by atoms with Crippen molar-refractivity contribution in [2.75, 3.05) is 13.1 Å². The van der Waals surface area contributed by atoms with Gasteiger partial charge < -0.3 is 10.2 Å². The van der Waals surface area contributed by atoms with Gasteiger partial charge >= 0.3 is 0 Å². The van der Waals surface area contributed by atoms with Crippen molar-refractivity contribution in [3.05, 3.63) is 102 Å². The minimum absolute atomic E-state index is 0.0167. The zero-order valence-corrected chi connectivity index (χ0v) is 15.7. The molecule has 1 aliphatic carbocycles. The largest absolute Gasteiger partial charge is 0.347 e. The van der Waals surface area contributed by atoms with E-state index in [1.54, 1.807) is 17.0 Å². The van der Waals surface area contributed by atoms with Crippen LogP contribution in [0.2, 0.25) is 0 Å². The second-order valence-electron chi connectivity index (χ2n) is 6.60. The lowest BCUT2D eigenvalue weighted by Crippen LogP contribution is -2.36. The van der Waals surface area contributed by atoms with Crippen LogP contribution in [0.3, 0.4) is 0 Å². The molecule has 1 amide bonds. The number of nitrogens with zero attached hydrogens (tertiary/aromatic N) is 2. The van der Waals surface area contributed by atoms with Gasteiger partial charge in [0, 0.05) is 24.7 Å². The zero-order valence-electron chi connectivity index (χ0n) is 15.7. The van der Waals surface area contributed by atoms with Gasteiger partial charge in [-0.3, -0.25) is 4.79 Å². The highest BCUT2D eigenvalue weighted by molar-refractivity contribution is 5.94. The molecule has 0 radical (unpaired) electrons. The Bertz CT molecular complexity index is 905. The van der Waals surface area contributed by atoms with Gasteiger partial charge in [0.05, 0.1) is 0 Å². The third-order valence-corrected chi connectivity index (χ3v) is 4.58. The summed E-state index contributed by atoms with van der Waals surface area (Å²) < 4.78 is 0. The summed E-state index contributed by atoms with van der Waals surface area (Å²) in [5.74, 6) is -0.119. The number of rotatable bonds is 3. The number of likely N-dealkylation sites (tertiary alicyclic amines) is 1. The van der Waals surface area contributed by atoms with Gasteiger partial charge in [0.25, 0.3) is 5.91 Å². The van der Waals surface area contributed by atoms with Gasteiger partial charge in [0.15, 0.2) is 6.19 Å². The summed E-state index contributed by atoms with van der Waals surface area (Å²) in [4.78, 5) is 14.2. The standard InChI is InChI=1S/C24H23N3O/c25-19-27-17-16-23(18-27)26-24(28)22-14-8-6-12-21(13-7-9-15-22)20-10-4-2-1-3-5-11-20/h1-15,23H,16-18H2,(H,26,28)/b2-1-,3-1?,4-2?,5-3-,8-6?,9-7?,10-4?,11-5?,12-6?,13-7?,14-8?,15-9?,20-10?,20-11?,21-12?,21-13?,22-14?,22-15?/t23-/m1/s1. The molecule has 4 heteroatoms. The van der Waals surface area contributed by atoms with Crippen molar-refractivity contribution in [2.45, 2.75) is 12.5 Å². The van der Waals surface area contributed by atoms with E-state index < -0.39 is 0 Å². The lowest BCUT2D eigenvalue weighted by atomic mass is 10.0. The van der Waals surface area contributed by atoms with Crippen molar-refractivity contribution in [1.29, 1.82) is 5.26 Å². The number of carbonyl (C=O) groups is 1. The molecule has 1 heterocycles. The first kappa shape index (κ1) is 19.2. The highest BCUT2D eigenvalue weighted by atomic mass is 16.1. The van der Waals surface area contributed by atoms with Crippen molar-refractivity contribution in [1.82, 2.24) is 10.2 Å². The number of allylic oxidation sites excluding steroid dienone is 8. The van der Waals surface area contributed by atoms with Crippen LogP contribution in [0, 0.1) is 11.5 Å². The maximum Gasteiger partial charge on any atom is 0.251 e. The van der Waals surface area contributed by atoms with E-state index in [9.17, 15) is 4.79 Å². The maximum atomic E-state index is 12.6. The van der Waals surface area contributed by atoms with E-state index in [1.165, 1.54) is 0 Å². The van der Waals surface area contributed by atoms with Gasteiger partial charge in [-0.1, -0.05) is 78.9 Å². The Balaban J connectivity index is 1.77. The van der Waals surface area contributed by atoms with Crippen LogP contribution in [-0.4, -0.2) is 29.9 Å². The SMILES string of the molecule is N#CN1CC[C@@H](NC(=O)c2ccccc(C3=C/C=C\C=C/C=C3)cccc2)C1. The summed E-state index contributed by atoms with van der Waals surface area (Å²) in [5, 5.41) is 12.0. The van der Waals surface area contributed by atoms with Gasteiger partial charge in [-0.2, -0.15) is 5.26 Å². The molecule has 1 saturated heterocycles. The third-order valence-electron chi connectivity index (χ3n) is 4.58. The molecule has 0 aromatic heterocycles. The van der Waals surface area contributed by atoms with Gasteiger partial charge in [-0.05, 0) is 29.7 Å². The van der Waals surface area contributed by atoms with E-state index in [0.29, 0.717) is 18.7 Å². The normalized spacial score (nSPS) is 20.0. The summed E-state index contributed by atoms with van der Waals surface area (Å²) in [6.45, 7) is 1.27. The molecule has 140 valence electrons. The number of carbonyl (C=O) groups excluding carboxylic acids is 1. The Hall–Kier alpha value is -3.58. The van der Waals surface area contributed by atoms with Crippen LogP contribution in [0.15, 0.2) is 91.1 Å². The number of amides is 1. The van der Waals surface area contributed by atoms with E-state index >= 15 is 0 Å². The summed E-state index contributed by atoms with van der Waals surface area (Å²) >= 11 is 0. The van der Waals surface area contributed by atoms with Gasteiger partial charge in [0.2, 0.25) is 0 Å². The molecule has 1 aromatic carbocycles. The molecule has 1 fully saturated rings. The Morgan fingerprint density at radius 2 is 1.68 bits per heavy atom. The smallest absolute Gasteiger partial charge is 0.251 e. The highest BCUT2D eigenvalue weighted by Gasteiger charge is 2.23. The van der Waals surface area contributed by atoms with Crippen molar-refractivity contribution in [3.63, 3.8) is 0 Å². The second-order valence-corrected chi connectivity index (χ2v) is 6.60. The van der Waals surface area contributed by atoms with Gasteiger partial charge in [-0.15, -0.1) is 0 Å². The lowest BCUT2D eigenvalue weighted by molar-refractivity contribution is 0.0939. The molecule has 1 atom stereocenters. The van der Waals surface area contributed by atoms with Crippen LogP contribution in [0.5, 0.6) is 0 Å². The zero-order chi connectivity index (χ0) is 19.6. The number of hydrogen-bond donors (Lipinski definition) is 1. The van der Waals surface area contributed by atoms with Crippen molar-refractivity contribution in [2.24, 2.45) is 0 Å². The Kier molecular flexibility index (Phi) is 6.81. The molecular formula is C24H23N3O. The molecule has 2 aliphatic rings. The molecular weight excluding hydrogens is 346 g/mol. The molecule has 4 nitrogen and oxygen atoms in total. The van der Waals surface area contributed by atoms with E-state index in [-0.39, 0.29) is 11.9 Å². The number of nitriles is 1. The van der Waals surface area contributed by atoms with Gasteiger partial charge in [0.1, 0.15) is 0 Å². The first-order valence-corrected chi connectivity index (χ1v) is 9.37. The van der Waals surface area contributed by atoms with Crippen LogP contribution >= 0.6 is 0 Å². The van der Waals surface area contributed by atoms with E-state index in [0.717, 1.165) is 17.6 Å². The third kappa shape index (κ3) is 5.46. The van der Waals surface area contributed by atoms with Crippen LogP contribution in [-0.2, 0) is 0 Å². The predicted molar refractivity (Wildman–Crippen MR) is 113 cm³/mol. The molecule has 0 saturated carbocycles. The second kappa shape index (κ2) is 9.94. The van der Waals surface area contributed by atoms with Crippen molar-refractivity contribution in [3.8, 4) is 6.19 Å². The summed E-state index contributed by atoms with van der Waals surface area (Å²) in [5.41, 5.74) is 2.79. The van der Waals surface area contributed by atoms with Gasteiger partial charge in [-0.25, -0.2) is 0 Å². The number of nitrogens with one attached hydrogen (secondary N) is 1. The minimum Gasteiger partial charge on any atom is -0.347 e. The van der Waals surface area contributed by atoms with E-state index in [4.69, 9.17) is 5.26 Å².